The van der Waals surface area contributed by atoms with Crippen molar-refractivity contribution >= 4 is 28.3 Å². The molecule has 4 nitrogen and oxygen atoms in total. The van der Waals surface area contributed by atoms with Crippen LogP contribution in [0.25, 0.3) is 10.9 Å². The second-order valence-corrected chi connectivity index (χ2v) is 4.33. The van der Waals surface area contributed by atoms with E-state index in [0.29, 0.717) is 30.2 Å². The first kappa shape index (κ1) is 12.6. The Bertz CT molecular complexity index is 571. The van der Waals surface area contributed by atoms with E-state index >= 15 is 0 Å². The third-order valence-electron chi connectivity index (χ3n) is 2.53. The first-order valence-electron chi connectivity index (χ1n) is 5.67. The van der Waals surface area contributed by atoms with Gasteiger partial charge in [0.25, 0.3) is 0 Å². The summed E-state index contributed by atoms with van der Waals surface area (Å²) in [6, 6.07) is 7.36. The molecule has 0 unspecified atom stereocenters. The summed E-state index contributed by atoms with van der Waals surface area (Å²) in [5.74, 6) is 0.885. The van der Waals surface area contributed by atoms with Crippen molar-refractivity contribution in [1.82, 2.24) is 4.98 Å². The minimum Gasteiger partial charge on any atom is -0.491 e. The molecule has 0 aliphatic carbocycles. The third-order valence-corrected chi connectivity index (χ3v) is 2.86. The summed E-state index contributed by atoms with van der Waals surface area (Å²) in [5, 5.41) is 8.67. The molecule has 0 radical (unpaired) electrons. The van der Waals surface area contributed by atoms with Crippen molar-refractivity contribution in [2.75, 3.05) is 6.61 Å². The first-order chi connectivity index (χ1) is 8.68. The fraction of sp³-hybridized carbons (Fsp3) is 0.231. The zero-order valence-electron chi connectivity index (χ0n) is 9.82. The molecule has 1 heterocycles. The number of pyridine rings is 1. The van der Waals surface area contributed by atoms with E-state index in [-0.39, 0.29) is 5.84 Å². The SMILES string of the molecule is N=C(N)CCCOc1ccc(Cl)c2cccnc12. The number of hydrogen-bond donors (Lipinski definition) is 2. The van der Waals surface area contributed by atoms with Crippen LogP contribution in [-0.4, -0.2) is 17.4 Å². The highest BCUT2D eigenvalue weighted by Crippen LogP contribution is 2.29. The molecule has 0 aliphatic rings. The number of nitrogens with one attached hydrogen (secondary N) is 1. The predicted octanol–water partition coefficient (Wildman–Crippen LogP) is 2.98. The summed E-state index contributed by atoms with van der Waals surface area (Å²) in [4.78, 5) is 4.28. The van der Waals surface area contributed by atoms with Gasteiger partial charge in [0.2, 0.25) is 0 Å². The number of amidine groups is 1. The van der Waals surface area contributed by atoms with Crippen molar-refractivity contribution < 1.29 is 4.74 Å². The lowest BCUT2D eigenvalue weighted by Crippen LogP contribution is -2.11. The second-order valence-electron chi connectivity index (χ2n) is 3.92. The van der Waals surface area contributed by atoms with Crippen molar-refractivity contribution in [3.8, 4) is 5.75 Å². The Hall–Kier alpha value is -1.81. The van der Waals surface area contributed by atoms with E-state index in [1.165, 1.54) is 0 Å². The van der Waals surface area contributed by atoms with Crippen LogP contribution in [0.4, 0.5) is 0 Å². The van der Waals surface area contributed by atoms with Gasteiger partial charge < -0.3 is 10.5 Å². The maximum atomic E-state index is 7.13. The summed E-state index contributed by atoms with van der Waals surface area (Å²) < 4.78 is 5.65. The maximum Gasteiger partial charge on any atom is 0.145 e. The molecule has 0 atom stereocenters. The fourth-order valence-corrected chi connectivity index (χ4v) is 1.89. The monoisotopic (exact) mass is 263 g/mol. The molecule has 0 aliphatic heterocycles. The van der Waals surface area contributed by atoms with Gasteiger partial charge in [-0.25, -0.2) is 0 Å². The molecule has 5 heteroatoms. The molecule has 2 rings (SSSR count). The van der Waals surface area contributed by atoms with Crippen molar-refractivity contribution in [2.24, 2.45) is 5.73 Å². The van der Waals surface area contributed by atoms with Gasteiger partial charge in [0.1, 0.15) is 11.3 Å². The zero-order chi connectivity index (χ0) is 13.0. The van der Waals surface area contributed by atoms with Gasteiger partial charge in [0, 0.05) is 18.0 Å². The summed E-state index contributed by atoms with van der Waals surface area (Å²) in [7, 11) is 0. The Morgan fingerprint density at radius 1 is 1.39 bits per heavy atom. The van der Waals surface area contributed by atoms with E-state index < -0.39 is 0 Å². The van der Waals surface area contributed by atoms with Crippen molar-refractivity contribution in [3.63, 3.8) is 0 Å². The molecule has 1 aromatic heterocycles. The van der Waals surface area contributed by atoms with E-state index in [1.807, 2.05) is 18.2 Å². The van der Waals surface area contributed by atoms with Crippen molar-refractivity contribution in [3.05, 3.63) is 35.5 Å². The first-order valence-corrected chi connectivity index (χ1v) is 6.05. The van der Waals surface area contributed by atoms with Gasteiger partial charge in [0.15, 0.2) is 0 Å². The molecule has 0 bridgehead atoms. The number of ether oxygens (including phenoxy) is 1. The molecule has 0 fully saturated rings. The van der Waals surface area contributed by atoms with Crippen LogP contribution in [0, 0.1) is 5.41 Å². The number of nitrogens with two attached hydrogens (primary N) is 1. The molecule has 94 valence electrons. The van der Waals surface area contributed by atoms with Crippen LogP contribution >= 0.6 is 11.6 Å². The average molecular weight is 264 g/mol. The largest absolute Gasteiger partial charge is 0.491 e. The minimum absolute atomic E-state index is 0.178. The van der Waals surface area contributed by atoms with E-state index in [9.17, 15) is 0 Å². The number of hydrogen-bond acceptors (Lipinski definition) is 3. The van der Waals surface area contributed by atoms with E-state index in [2.05, 4.69) is 4.98 Å². The van der Waals surface area contributed by atoms with Gasteiger partial charge in [-0.3, -0.25) is 10.4 Å². The number of fused-ring (bicyclic) bond motifs is 1. The number of aromatic nitrogens is 1. The fourth-order valence-electron chi connectivity index (χ4n) is 1.67. The third kappa shape index (κ3) is 2.90. The van der Waals surface area contributed by atoms with Gasteiger partial charge in [-0.15, -0.1) is 0 Å². The summed E-state index contributed by atoms with van der Waals surface area (Å²) in [6.45, 7) is 0.507. The lowest BCUT2D eigenvalue weighted by atomic mass is 10.2. The maximum absolute atomic E-state index is 7.13. The highest BCUT2D eigenvalue weighted by Gasteiger charge is 2.06. The lowest BCUT2D eigenvalue weighted by molar-refractivity contribution is 0.316. The van der Waals surface area contributed by atoms with Crippen LogP contribution in [0.2, 0.25) is 5.02 Å². The van der Waals surface area contributed by atoms with Crippen LogP contribution in [0.1, 0.15) is 12.8 Å². The summed E-state index contributed by atoms with van der Waals surface area (Å²) in [5.41, 5.74) is 6.04. The Kier molecular flexibility index (Phi) is 3.99. The topological polar surface area (TPSA) is 72.0 Å². The Morgan fingerprint density at radius 3 is 3.00 bits per heavy atom. The summed E-state index contributed by atoms with van der Waals surface area (Å²) >= 11 is 6.09. The smallest absolute Gasteiger partial charge is 0.145 e. The van der Waals surface area contributed by atoms with E-state index in [4.69, 9.17) is 27.5 Å². The van der Waals surface area contributed by atoms with Crippen LogP contribution < -0.4 is 10.5 Å². The van der Waals surface area contributed by atoms with Gasteiger partial charge in [-0.05, 0) is 30.7 Å². The highest BCUT2D eigenvalue weighted by atomic mass is 35.5. The lowest BCUT2D eigenvalue weighted by Gasteiger charge is -2.09. The summed E-state index contributed by atoms with van der Waals surface area (Å²) in [6.07, 6.45) is 2.96. The Balaban J connectivity index is 2.14. The molecule has 0 spiro atoms. The number of nitrogens with zero attached hydrogens (tertiary/aromatic N) is 1. The number of rotatable bonds is 5. The van der Waals surface area contributed by atoms with Crippen LogP contribution in [0.5, 0.6) is 5.75 Å². The van der Waals surface area contributed by atoms with Gasteiger partial charge >= 0.3 is 0 Å². The normalized spacial score (nSPS) is 10.5. The molecule has 1 aromatic carbocycles. The van der Waals surface area contributed by atoms with E-state index in [0.717, 1.165) is 10.9 Å². The number of benzene rings is 1. The Labute approximate surface area is 110 Å². The standard InChI is InChI=1S/C13H14ClN3O/c14-10-5-6-11(18-8-2-4-12(15)16)13-9(10)3-1-7-17-13/h1,3,5-7H,2,4,8H2,(H3,15,16). The average Bonchev–Trinajstić information content (AvgIpc) is 2.37. The van der Waals surface area contributed by atoms with Gasteiger partial charge in [0.05, 0.1) is 17.5 Å². The minimum atomic E-state index is 0.178. The van der Waals surface area contributed by atoms with Gasteiger partial charge in [-0.2, -0.15) is 0 Å². The molecular formula is C13H14ClN3O. The van der Waals surface area contributed by atoms with Crippen LogP contribution in [0.15, 0.2) is 30.5 Å². The molecule has 2 aromatic rings. The van der Waals surface area contributed by atoms with Crippen LogP contribution in [0.3, 0.4) is 0 Å². The molecule has 0 saturated heterocycles. The molecule has 0 amide bonds. The predicted molar refractivity (Wildman–Crippen MR) is 73.4 cm³/mol. The van der Waals surface area contributed by atoms with Crippen LogP contribution in [-0.2, 0) is 0 Å². The van der Waals surface area contributed by atoms with E-state index in [1.54, 1.807) is 12.3 Å². The molecule has 0 saturated carbocycles. The zero-order valence-corrected chi connectivity index (χ0v) is 10.6. The van der Waals surface area contributed by atoms with Gasteiger partial charge in [-0.1, -0.05) is 11.6 Å². The molecular weight excluding hydrogens is 250 g/mol. The second kappa shape index (κ2) is 5.69. The highest BCUT2D eigenvalue weighted by molar-refractivity contribution is 6.35. The van der Waals surface area contributed by atoms with Crippen molar-refractivity contribution in [1.29, 1.82) is 5.41 Å². The number of halogens is 1. The molecule has 18 heavy (non-hydrogen) atoms. The van der Waals surface area contributed by atoms with Crippen molar-refractivity contribution in [2.45, 2.75) is 12.8 Å². The Morgan fingerprint density at radius 2 is 2.22 bits per heavy atom. The molecule has 3 N–H and O–H groups in total. The quantitative estimate of drug-likeness (QED) is 0.495.